The fourth-order valence-electron chi connectivity index (χ4n) is 0.528. The van der Waals surface area contributed by atoms with Crippen LogP contribution >= 0.6 is 0 Å². The van der Waals surface area contributed by atoms with Gasteiger partial charge in [-0.15, -0.1) is 0 Å². The maximum absolute atomic E-state index is 12.4. The molecule has 0 spiro atoms. The molecule has 1 rings (SSSR count). The van der Waals surface area contributed by atoms with Crippen molar-refractivity contribution in [3.8, 4) is 5.88 Å². The van der Waals surface area contributed by atoms with Gasteiger partial charge in [-0.1, -0.05) is 0 Å². The van der Waals surface area contributed by atoms with E-state index in [4.69, 9.17) is 9.85 Å². The van der Waals surface area contributed by atoms with Crippen LogP contribution < -0.4 is 10.5 Å². The molecule has 4 heteroatoms. The number of halogens is 1. The van der Waals surface area contributed by atoms with Gasteiger partial charge in [0.15, 0.2) is 0 Å². The van der Waals surface area contributed by atoms with E-state index in [1.807, 2.05) is 0 Å². The summed E-state index contributed by atoms with van der Waals surface area (Å²) in [5.41, 5.74) is 5.11. The summed E-state index contributed by atoms with van der Waals surface area (Å²) in [5.74, 6) is -0.934. The molecule has 2 N–H and O–H groups in total. The Hall–Kier alpha value is -1.32. The number of anilines is 1. The van der Waals surface area contributed by atoms with Crippen LogP contribution in [0.3, 0.4) is 0 Å². The Morgan fingerprint density at radius 1 is 1.90 bits per heavy atom. The number of hydrogen-bond acceptors (Lipinski definition) is 3. The second kappa shape index (κ2) is 2.51. The molecule has 54 valence electrons. The van der Waals surface area contributed by atoms with Crippen LogP contribution in [-0.4, -0.2) is 12.0 Å². The molecule has 0 fully saturated rings. The summed E-state index contributed by atoms with van der Waals surface area (Å²) >= 11 is 0. The smallest absolute Gasteiger partial charge is 0.237 e. The lowest BCUT2D eigenvalue weighted by Gasteiger charge is -2.00. The maximum Gasteiger partial charge on any atom is 0.237 e. The largest absolute Gasteiger partial charge is 0.480 e. The minimum absolute atomic E-state index is 0.142. The Kier molecular flexibility index (Phi) is 0.943. The average molecular weight is 145 g/mol. The van der Waals surface area contributed by atoms with E-state index in [2.05, 4.69) is 9.72 Å². The van der Waals surface area contributed by atoms with Crippen molar-refractivity contribution in [2.24, 2.45) is 0 Å². The minimum Gasteiger partial charge on any atom is -0.480 e. The monoisotopic (exact) mass is 145 g/mol. The molecule has 0 radical (unpaired) electrons. The van der Waals surface area contributed by atoms with Crippen LogP contribution in [0.2, 0.25) is 0 Å². The highest BCUT2D eigenvalue weighted by atomic mass is 19.1. The summed E-state index contributed by atoms with van der Waals surface area (Å²) < 4.78 is 37.1. The van der Waals surface area contributed by atoms with Gasteiger partial charge in [-0.05, 0) is 0 Å². The van der Waals surface area contributed by atoms with E-state index in [-0.39, 0.29) is 11.6 Å². The first kappa shape index (κ1) is 3.75. The first-order chi connectivity index (χ1) is 5.88. The quantitative estimate of drug-likeness (QED) is 0.636. The first-order valence-electron chi connectivity index (χ1n) is 3.98. The number of methoxy groups -OCH3 is 1. The van der Waals surface area contributed by atoms with E-state index in [0.29, 0.717) is 0 Å². The summed E-state index contributed by atoms with van der Waals surface area (Å²) in [6.45, 7) is 0. The van der Waals surface area contributed by atoms with Crippen LogP contribution in [0.4, 0.5) is 10.1 Å². The molecule has 0 atom stereocenters. The molecular weight excluding hydrogens is 135 g/mol. The lowest BCUT2D eigenvalue weighted by atomic mass is 10.4. The van der Waals surface area contributed by atoms with Gasteiger partial charge in [0.1, 0.15) is 5.82 Å². The van der Waals surface area contributed by atoms with E-state index < -0.39 is 12.9 Å². The van der Waals surface area contributed by atoms with Gasteiger partial charge in [-0.25, -0.2) is 9.37 Å². The second-order valence-electron chi connectivity index (χ2n) is 1.65. The number of nitrogens with zero attached hydrogens (tertiary/aromatic N) is 1. The van der Waals surface area contributed by atoms with Gasteiger partial charge >= 0.3 is 0 Å². The van der Waals surface area contributed by atoms with Crippen molar-refractivity contribution in [3.63, 3.8) is 0 Å². The molecule has 1 heterocycles. The zero-order chi connectivity index (χ0) is 10.1. The van der Waals surface area contributed by atoms with Crippen LogP contribution in [0.25, 0.3) is 0 Å². The Bertz CT molecular complexity index is 315. The third kappa shape index (κ3) is 1.15. The average Bonchev–Trinajstić information content (AvgIpc) is 1.93. The highest BCUT2D eigenvalue weighted by Gasteiger charge is 1.99. The van der Waals surface area contributed by atoms with Crippen LogP contribution in [-0.2, 0) is 0 Å². The lowest BCUT2D eigenvalue weighted by molar-refractivity contribution is 0.398. The number of nitrogen functional groups attached to an aromatic ring is 1. The van der Waals surface area contributed by atoms with Crippen molar-refractivity contribution in [1.29, 1.82) is 0 Å². The number of rotatable bonds is 1. The third-order valence-corrected chi connectivity index (χ3v) is 0.942. The lowest BCUT2D eigenvalue weighted by Crippen LogP contribution is -1.95. The van der Waals surface area contributed by atoms with Crippen molar-refractivity contribution in [2.45, 2.75) is 0 Å². The number of aromatic nitrogens is 1. The maximum atomic E-state index is 12.4. The highest BCUT2D eigenvalue weighted by Crippen LogP contribution is 2.16. The van der Waals surface area contributed by atoms with Gasteiger partial charge in [0.2, 0.25) is 5.88 Å². The van der Waals surface area contributed by atoms with Crippen molar-refractivity contribution in [3.05, 3.63) is 18.1 Å². The fourth-order valence-corrected chi connectivity index (χ4v) is 0.528. The van der Waals surface area contributed by atoms with E-state index in [9.17, 15) is 4.39 Å². The molecule has 0 saturated heterocycles. The number of ether oxygens (including phenoxy) is 1. The van der Waals surface area contributed by atoms with Gasteiger partial charge < -0.3 is 10.5 Å². The van der Waals surface area contributed by atoms with Crippen molar-refractivity contribution in [2.75, 3.05) is 12.8 Å². The minimum atomic E-state index is -2.63. The predicted octanol–water partition coefficient (Wildman–Crippen LogP) is 0.811. The number of pyridine rings is 1. The van der Waals surface area contributed by atoms with Crippen molar-refractivity contribution >= 4 is 5.69 Å². The molecule has 1 aromatic heterocycles. The van der Waals surface area contributed by atoms with E-state index >= 15 is 0 Å². The molecule has 0 aliphatic rings. The van der Waals surface area contributed by atoms with Crippen molar-refractivity contribution in [1.82, 2.24) is 4.98 Å². The van der Waals surface area contributed by atoms with Crippen LogP contribution in [0, 0.1) is 5.82 Å². The first-order valence-corrected chi connectivity index (χ1v) is 2.48. The summed E-state index contributed by atoms with van der Waals surface area (Å²) in [6.07, 6.45) is 0.831. The summed E-state index contributed by atoms with van der Waals surface area (Å²) in [5, 5.41) is 0. The Labute approximate surface area is 61.8 Å². The fraction of sp³-hybridized carbons (Fsp3) is 0.167. The van der Waals surface area contributed by atoms with Crippen LogP contribution in [0.1, 0.15) is 4.11 Å². The van der Waals surface area contributed by atoms with Gasteiger partial charge in [-0.2, -0.15) is 0 Å². The number of hydrogen-bond donors (Lipinski definition) is 1. The SMILES string of the molecule is [2H]C([2H])([2H])Oc1ncc(F)cc1N. The topological polar surface area (TPSA) is 48.1 Å². The summed E-state index contributed by atoms with van der Waals surface area (Å²) in [7, 11) is -2.63. The normalized spacial score (nSPS) is 15.1. The molecule has 0 amide bonds. The Morgan fingerprint density at radius 2 is 2.70 bits per heavy atom. The molecule has 0 bridgehead atoms. The Balaban J connectivity index is 2.90. The van der Waals surface area contributed by atoms with Gasteiger partial charge in [0.25, 0.3) is 0 Å². The predicted molar refractivity (Wildman–Crippen MR) is 35.2 cm³/mol. The van der Waals surface area contributed by atoms with E-state index in [0.717, 1.165) is 12.3 Å². The molecule has 0 aliphatic carbocycles. The standard InChI is InChI=1S/C6H7FN2O/c1-10-6-5(8)2-4(7)3-9-6/h2-3H,8H2,1H3/i1D3. The molecule has 1 aromatic rings. The zero-order valence-electron chi connectivity index (χ0n) is 7.97. The third-order valence-electron chi connectivity index (χ3n) is 0.942. The van der Waals surface area contributed by atoms with Gasteiger partial charge in [0.05, 0.1) is 23.0 Å². The van der Waals surface area contributed by atoms with Gasteiger partial charge in [0, 0.05) is 6.07 Å². The molecule has 0 aliphatic heterocycles. The number of nitrogens with two attached hydrogens (primary N) is 1. The molecule has 3 nitrogen and oxygen atoms in total. The van der Waals surface area contributed by atoms with Gasteiger partial charge in [-0.3, -0.25) is 0 Å². The van der Waals surface area contributed by atoms with E-state index in [1.165, 1.54) is 0 Å². The van der Waals surface area contributed by atoms with Crippen LogP contribution in [0.5, 0.6) is 5.88 Å². The zero-order valence-corrected chi connectivity index (χ0v) is 4.97. The van der Waals surface area contributed by atoms with Crippen molar-refractivity contribution < 1.29 is 13.2 Å². The Morgan fingerprint density at radius 3 is 3.30 bits per heavy atom. The summed E-state index contributed by atoms with van der Waals surface area (Å²) in [4.78, 5) is 3.38. The van der Waals surface area contributed by atoms with Crippen LogP contribution in [0.15, 0.2) is 12.3 Å². The molecule has 0 aromatic carbocycles. The second-order valence-corrected chi connectivity index (χ2v) is 1.65. The molecule has 0 unspecified atom stereocenters. The summed E-state index contributed by atoms with van der Waals surface area (Å²) in [6, 6.07) is 0.939. The molecule has 0 saturated carbocycles. The van der Waals surface area contributed by atoms with E-state index in [1.54, 1.807) is 0 Å². The molecule has 10 heavy (non-hydrogen) atoms. The highest BCUT2D eigenvalue weighted by molar-refractivity contribution is 5.47. The molecular formula is C6H7FN2O.